The van der Waals surface area contributed by atoms with Crippen LogP contribution in [0.15, 0.2) is 78.4 Å². The number of aromatic nitrogens is 1. The van der Waals surface area contributed by atoms with Gasteiger partial charge in [0.2, 0.25) is 0 Å². The van der Waals surface area contributed by atoms with Gasteiger partial charge in [0.1, 0.15) is 11.5 Å². The highest BCUT2D eigenvalue weighted by molar-refractivity contribution is 7.22. The van der Waals surface area contributed by atoms with E-state index in [1.54, 1.807) is 24.3 Å². The number of anilines is 1. The van der Waals surface area contributed by atoms with Gasteiger partial charge in [-0.05, 0) is 60.9 Å². The topological polar surface area (TPSA) is 79.7 Å². The van der Waals surface area contributed by atoms with Crippen LogP contribution in [0.5, 0.6) is 5.75 Å². The van der Waals surface area contributed by atoms with E-state index in [-0.39, 0.29) is 11.3 Å². The molecule has 1 atom stereocenters. The number of Topliss-reactive ketones (excluding diaryl/α,β-unsaturated/α-hetero) is 1. The highest BCUT2D eigenvalue weighted by Crippen LogP contribution is 2.44. The van der Waals surface area contributed by atoms with Crippen LogP contribution in [0.3, 0.4) is 0 Å². The molecule has 0 radical (unpaired) electrons. The third kappa shape index (κ3) is 4.19. The summed E-state index contributed by atoms with van der Waals surface area (Å²) in [4.78, 5) is 32.7. The predicted molar refractivity (Wildman–Crippen MR) is 138 cm³/mol. The fourth-order valence-corrected chi connectivity index (χ4v) is 5.28. The molecule has 4 aromatic rings. The Morgan fingerprint density at radius 1 is 1.06 bits per heavy atom. The quantitative estimate of drug-likeness (QED) is 0.206. The molecule has 176 valence electrons. The SMILES string of the molecule is CCCOc1ccc(C(O)=C2C(=O)C(=O)N(c3nc4ccc(C)cc4s3)C2c2ccccc2)cc1. The van der Waals surface area contributed by atoms with Crippen LogP contribution in [0.25, 0.3) is 16.0 Å². The number of hydrogen-bond acceptors (Lipinski definition) is 6. The predicted octanol–water partition coefficient (Wildman–Crippen LogP) is 6.02. The van der Waals surface area contributed by atoms with E-state index in [0.717, 1.165) is 22.2 Å². The summed E-state index contributed by atoms with van der Waals surface area (Å²) in [6.07, 6.45) is 0.883. The molecule has 1 aliphatic rings. The third-order valence-electron chi connectivity index (χ3n) is 5.90. The molecule has 1 N–H and O–H groups in total. The third-order valence-corrected chi connectivity index (χ3v) is 6.92. The number of nitrogens with zero attached hydrogens (tertiary/aromatic N) is 2. The molecule has 35 heavy (non-hydrogen) atoms. The summed E-state index contributed by atoms with van der Waals surface area (Å²) in [6, 6.07) is 21.2. The molecule has 0 spiro atoms. The summed E-state index contributed by atoms with van der Waals surface area (Å²) in [6.45, 7) is 4.61. The molecule has 1 saturated heterocycles. The van der Waals surface area contributed by atoms with Gasteiger partial charge in [-0.2, -0.15) is 0 Å². The van der Waals surface area contributed by atoms with Gasteiger partial charge >= 0.3 is 5.91 Å². The number of aliphatic hydroxyl groups excluding tert-OH is 1. The normalized spacial score (nSPS) is 17.3. The maximum Gasteiger partial charge on any atom is 0.301 e. The smallest absolute Gasteiger partial charge is 0.301 e. The summed E-state index contributed by atoms with van der Waals surface area (Å²) in [7, 11) is 0. The van der Waals surface area contributed by atoms with Crippen LogP contribution in [0, 0.1) is 6.92 Å². The van der Waals surface area contributed by atoms with Crippen molar-refractivity contribution < 1.29 is 19.4 Å². The number of rotatable bonds is 6. The van der Waals surface area contributed by atoms with Crippen molar-refractivity contribution in [2.24, 2.45) is 0 Å². The Bertz CT molecular complexity index is 1440. The van der Waals surface area contributed by atoms with Gasteiger partial charge < -0.3 is 9.84 Å². The zero-order valence-corrected chi connectivity index (χ0v) is 20.2. The lowest BCUT2D eigenvalue weighted by Gasteiger charge is -2.22. The number of amides is 1. The number of ether oxygens (including phenoxy) is 1. The lowest BCUT2D eigenvalue weighted by molar-refractivity contribution is -0.132. The number of fused-ring (bicyclic) bond motifs is 1. The van der Waals surface area contributed by atoms with Gasteiger partial charge in [-0.15, -0.1) is 0 Å². The first-order chi connectivity index (χ1) is 17.0. The van der Waals surface area contributed by atoms with Crippen LogP contribution < -0.4 is 9.64 Å². The summed E-state index contributed by atoms with van der Waals surface area (Å²) in [5, 5.41) is 11.7. The second kappa shape index (κ2) is 9.35. The summed E-state index contributed by atoms with van der Waals surface area (Å²) >= 11 is 1.35. The molecule has 2 heterocycles. The first-order valence-corrected chi connectivity index (χ1v) is 12.3. The lowest BCUT2D eigenvalue weighted by atomic mass is 9.95. The highest BCUT2D eigenvalue weighted by atomic mass is 32.1. The van der Waals surface area contributed by atoms with E-state index in [4.69, 9.17) is 4.74 Å². The monoisotopic (exact) mass is 484 g/mol. The second-order valence-corrected chi connectivity index (χ2v) is 9.43. The largest absolute Gasteiger partial charge is 0.507 e. The second-order valence-electron chi connectivity index (χ2n) is 8.42. The summed E-state index contributed by atoms with van der Waals surface area (Å²) in [5.74, 6) is -0.996. The number of thiazole rings is 1. The molecule has 7 heteroatoms. The fourth-order valence-electron chi connectivity index (χ4n) is 4.19. The van der Waals surface area contributed by atoms with Crippen LogP contribution in [0.2, 0.25) is 0 Å². The minimum absolute atomic E-state index is 0.0406. The standard InChI is InChI=1S/C28H24N2O4S/c1-3-15-34-20-12-10-19(11-13-20)25(31)23-24(18-7-5-4-6-8-18)30(27(33)26(23)32)28-29-21-14-9-17(2)16-22(21)35-28/h4-14,16,24,31H,3,15H2,1-2H3. The fraction of sp³-hybridized carbons (Fsp3) is 0.179. The number of ketones is 1. The molecule has 1 aliphatic heterocycles. The first kappa shape index (κ1) is 22.8. The van der Waals surface area contributed by atoms with Gasteiger partial charge in [0.25, 0.3) is 5.78 Å². The Labute approximate surface area is 207 Å². The molecule has 1 amide bonds. The van der Waals surface area contributed by atoms with Gasteiger partial charge in [-0.1, -0.05) is 54.7 Å². The van der Waals surface area contributed by atoms with Gasteiger partial charge in [-0.25, -0.2) is 4.98 Å². The molecule has 1 aromatic heterocycles. The van der Waals surface area contributed by atoms with E-state index in [2.05, 4.69) is 4.98 Å². The van der Waals surface area contributed by atoms with Crippen LogP contribution in [0.1, 0.15) is 36.1 Å². The van der Waals surface area contributed by atoms with Crippen molar-refractivity contribution in [2.75, 3.05) is 11.5 Å². The van der Waals surface area contributed by atoms with Crippen molar-refractivity contribution in [1.82, 2.24) is 4.98 Å². The summed E-state index contributed by atoms with van der Waals surface area (Å²) in [5.41, 5.74) is 3.03. The number of aryl methyl sites for hydroxylation is 1. The number of aliphatic hydroxyl groups is 1. The molecule has 0 saturated carbocycles. The molecule has 1 unspecified atom stereocenters. The molecular weight excluding hydrogens is 460 g/mol. The van der Waals surface area contributed by atoms with Crippen molar-refractivity contribution in [3.05, 3.63) is 95.1 Å². The van der Waals surface area contributed by atoms with Crippen molar-refractivity contribution in [3.63, 3.8) is 0 Å². The van der Waals surface area contributed by atoms with Crippen LogP contribution in [0.4, 0.5) is 5.13 Å². The number of carbonyl (C=O) groups excluding carboxylic acids is 2. The van der Waals surface area contributed by atoms with E-state index in [1.807, 2.05) is 62.4 Å². The average Bonchev–Trinajstić information content (AvgIpc) is 3.40. The molecule has 3 aromatic carbocycles. The van der Waals surface area contributed by atoms with E-state index in [1.165, 1.54) is 16.2 Å². The Kier molecular flexibility index (Phi) is 6.09. The van der Waals surface area contributed by atoms with Gasteiger partial charge in [0, 0.05) is 5.56 Å². The van der Waals surface area contributed by atoms with Gasteiger partial charge in [0.05, 0.1) is 28.4 Å². The minimum atomic E-state index is -0.797. The summed E-state index contributed by atoms with van der Waals surface area (Å²) < 4.78 is 6.55. The lowest BCUT2D eigenvalue weighted by Crippen LogP contribution is -2.29. The minimum Gasteiger partial charge on any atom is -0.507 e. The van der Waals surface area contributed by atoms with Crippen LogP contribution in [-0.2, 0) is 9.59 Å². The van der Waals surface area contributed by atoms with Crippen molar-refractivity contribution in [3.8, 4) is 5.75 Å². The average molecular weight is 485 g/mol. The molecule has 0 aliphatic carbocycles. The van der Waals surface area contributed by atoms with Gasteiger partial charge in [-0.3, -0.25) is 14.5 Å². The van der Waals surface area contributed by atoms with E-state index >= 15 is 0 Å². The maximum atomic E-state index is 13.3. The van der Waals surface area contributed by atoms with E-state index in [9.17, 15) is 14.7 Å². The number of hydrogen-bond donors (Lipinski definition) is 1. The van der Waals surface area contributed by atoms with Gasteiger partial charge in [0.15, 0.2) is 5.13 Å². The maximum absolute atomic E-state index is 13.3. The Balaban J connectivity index is 1.64. The molecule has 0 bridgehead atoms. The van der Waals surface area contributed by atoms with Crippen molar-refractivity contribution in [2.45, 2.75) is 26.3 Å². The Morgan fingerprint density at radius 3 is 2.51 bits per heavy atom. The first-order valence-electron chi connectivity index (χ1n) is 11.4. The molecular formula is C28H24N2O4S. The van der Waals surface area contributed by atoms with Crippen molar-refractivity contribution >= 4 is 44.1 Å². The van der Waals surface area contributed by atoms with E-state index in [0.29, 0.717) is 28.6 Å². The molecule has 1 fully saturated rings. The Morgan fingerprint density at radius 2 is 1.80 bits per heavy atom. The van der Waals surface area contributed by atoms with Crippen LogP contribution in [-0.4, -0.2) is 28.4 Å². The molecule has 6 nitrogen and oxygen atoms in total. The van der Waals surface area contributed by atoms with Crippen LogP contribution >= 0.6 is 11.3 Å². The molecule has 5 rings (SSSR count). The zero-order valence-electron chi connectivity index (χ0n) is 19.4. The number of carbonyl (C=O) groups is 2. The number of benzene rings is 3. The zero-order chi connectivity index (χ0) is 24.5. The van der Waals surface area contributed by atoms with Crippen molar-refractivity contribution in [1.29, 1.82) is 0 Å². The Hall–Kier alpha value is -3.97. The van der Waals surface area contributed by atoms with E-state index < -0.39 is 17.7 Å². The highest BCUT2D eigenvalue weighted by Gasteiger charge is 2.48.